The number of aliphatic hydroxyl groups is 3. The van der Waals surface area contributed by atoms with E-state index >= 15 is 4.79 Å². The molecule has 6 heterocycles. The smallest absolute Gasteiger partial charge is 0.322 e. The topological polar surface area (TPSA) is 269 Å². The number of nitrogens with two attached hydrogens (primary N) is 1. The third kappa shape index (κ3) is 13.1. The van der Waals surface area contributed by atoms with Gasteiger partial charge in [-0.25, -0.2) is 0 Å². The van der Waals surface area contributed by atoms with Gasteiger partial charge in [0.1, 0.15) is 17.3 Å². The number of anilines is 1. The van der Waals surface area contributed by atoms with E-state index in [1.807, 2.05) is 50.3 Å². The normalized spacial score (nSPS) is 29.5. The maximum Gasteiger partial charge on any atom is 0.322 e. The van der Waals surface area contributed by atoms with Crippen molar-refractivity contribution in [2.75, 3.05) is 184 Å². The molecule has 1 saturated carbocycles. The number of rotatable bonds is 35. The van der Waals surface area contributed by atoms with Crippen molar-refractivity contribution in [3.8, 4) is 5.75 Å². The van der Waals surface area contributed by atoms with E-state index in [0.29, 0.717) is 201 Å². The lowest BCUT2D eigenvalue weighted by Gasteiger charge is -2.62. The highest BCUT2D eigenvalue weighted by Crippen LogP contribution is 2.66. The van der Waals surface area contributed by atoms with Crippen molar-refractivity contribution in [1.29, 1.82) is 0 Å². The standard InChI is InChI=1S/C62H94N6O16/c1-5-58(72)40-44-41-61(57(71)75-4,52-46(12-18-67(42-44)43-58)45-10-7-8-11-49(45)65-52)48-38-47-50(39-51(48)74-3)66-53-60(47)14-19-68-17-9-13-59(6-2,54(60)68)55(69)62(53,73)56(70)64-16-21-77-23-25-79-27-29-81-31-33-83-35-37-84-36-34-82-32-30-80-28-26-78-24-22-76-20-15-63/h7-11,13,38-39,44,53-55,65-66,69,72-73H,5-6,12,14-37,40-43,63H2,1-4H3,(H,64,70)/t44?,53-,54+,55-,58+,59-,60?,61+,62-/m1/s1. The Morgan fingerprint density at radius 1 is 0.750 bits per heavy atom. The summed E-state index contributed by atoms with van der Waals surface area (Å²) in [4.78, 5) is 38.9. The molecule has 3 fully saturated rings. The Hall–Kier alpha value is -4.34. The summed E-state index contributed by atoms with van der Waals surface area (Å²) in [5.74, 6) is -0.833. The van der Waals surface area contributed by atoms with Crippen molar-refractivity contribution in [1.82, 2.24) is 20.1 Å². The minimum atomic E-state index is -2.33. The highest BCUT2D eigenvalue weighted by molar-refractivity contribution is 5.95. The van der Waals surface area contributed by atoms with Crippen molar-refractivity contribution in [2.24, 2.45) is 17.1 Å². The molecule has 2 saturated heterocycles. The number of carbonyl (C=O) groups is 2. The Kier molecular flexibility index (Phi) is 22.6. The van der Waals surface area contributed by atoms with Crippen LogP contribution in [-0.2, 0) is 74.2 Å². The molecule has 1 spiro atoms. The molecule has 2 bridgehead atoms. The summed E-state index contributed by atoms with van der Waals surface area (Å²) in [7, 11) is 3.03. The second kappa shape index (κ2) is 29.6. The van der Waals surface area contributed by atoms with Gasteiger partial charge in [-0.15, -0.1) is 0 Å². The van der Waals surface area contributed by atoms with Crippen LogP contribution in [0.3, 0.4) is 0 Å². The number of carbonyl (C=O) groups excluding carboxylic acids is 2. The average Bonchev–Trinajstić information content (AvgIpc) is 1.44. The molecular weight excluding hydrogens is 1080 g/mol. The maximum atomic E-state index is 15.4. The molecule has 3 aromatic rings. The van der Waals surface area contributed by atoms with Gasteiger partial charge in [0.05, 0.1) is 145 Å². The van der Waals surface area contributed by atoms with Gasteiger partial charge in [0.2, 0.25) is 0 Å². The molecule has 9 rings (SSSR count). The molecule has 22 nitrogen and oxygen atoms in total. The number of benzene rings is 2. The first-order valence-electron chi connectivity index (χ1n) is 30.5. The van der Waals surface area contributed by atoms with Crippen LogP contribution in [0.2, 0.25) is 0 Å². The predicted octanol–water partition coefficient (Wildman–Crippen LogP) is 2.45. The SMILES string of the molecule is CC[C@]1(O)CC2CN(CCc3c([nH]c4ccccc34)[C@@](C(=O)OC)(c3cc4c(cc3OC)N[C@@H]3C45CCN4CC=C[C@](CC)([C@H]45)[C@@H](O)[C@@]3(O)C(=O)NCCOCCOCCOCCOCCOCCOCCOCCOCCOCCN)C2)C1. The lowest BCUT2D eigenvalue weighted by molar-refractivity contribution is -0.200. The molecule has 22 heteroatoms. The molecule has 468 valence electrons. The summed E-state index contributed by atoms with van der Waals surface area (Å²) in [5, 5.41) is 45.9. The quantitative estimate of drug-likeness (QED) is 0.0253. The number of nitrogens with zero attached hydrogens (tertiary/aromatic N) is 2. The zero-order valence-electron chi connectivity index (χ0n) is 50.0. The molecule has 2 aromatic carbocycles. The van der Waals surface area contributed by atoms with Gasteiger partial charge in [-0.1, -0.05) is 44.2 Å². The fourth-order valence-corrected chi connectivity index (χ4v) is 14.9. The van der Waals surface area contributed by atoms with Gasteiger partial charge in [0.15, 0.2) is 5.60 Å². The number of fused-ring (bicyclic) bond motifs is 6. The van der Waals surface area contributed by atoms with Gasteiger partial charge >= 0.3 is 5.97 Å². The molecule has 10 atom stereocenters. The van der Waals surface area contributed by atoms with Crippen LogP contribution in [-0.4, -0.2) is 250 Å². The molecule has 0 radical (unpaired) electrons. The summed E-state index contributed by atoms with van der Waals surface area (Å²) in [6.45, 7) is 15.5. The number of aromatic amines is 1. The van der Waals surface area contributed by atoms with Crippen molar-refractivity contribution in [3.05, 3.63) is 70.9 Å². The molecular formula is C62H94N6O16. The molecule has 8 N–H and O–H groups in total. The Labute approximate surface area is 494 Å². The lowest BCUT2D eigenvalue weighted by atomic mass is 9.47. The Bertz CT molecular complexity index is 2650. The van der Waals surface area contributed by atoms with E-state index in [1.54, 1.807) is 7.11 Å². The minimum absolute atomic E-state index is 0.0749. The number of esters is 1. The predicted molar refractivity (Wildman–Crippen MR) is 314 cm³/mol. The van der Waals surface area contributed by atoms with E-state index in [-0.39, 0.29) is 31.7 Å². The fourth-order valence-electron chi connectivity index (χ4n) is 14.9. The van der Waals surface area contributed by atoms with E-state index in [1.165, 1.54) is 7.11 Å². The van der Waals surface area contributed by atoms with Crippen molar-refractivity contribution >= 4 is 28.5 Å². The van der Waals surface area contributed by atoms with E-state index in [0.717, 1.165) is 27.7 Å². The fraction of sp³-hybridized carbons (Fsp3) is 0.710. The summed E-state index contributed by atoms with van der Waals surface area (Å²) in [6.07, 6.45) is 5.60. The second-order valence-electron chi connectivity index (χ2n) is 23.3. The van der Waals surface area contributed by atoms with E-state index in [4.69, 9.17) is 57.8 Å². The molecule has 5 aliphatic heterocycles. The molecule has 1 aliphatic carbocycles. The molecule has 84 heavy (non-hydrogen) atoms. The van der Waals surface area contributed by atoms with Crippen molar-refractivity contribution < 1.29 is 77.0 Å². The molecule has 1 aromatic heterocycles. The first-order valence-corrected chi connectivity index (χ1v) is 30.5. The monoisotopic (exact) mass is 1180 g/mol. The molecule has 6 aliphatic rings. The summed E-state index contributed by atoms with van der Waals surface area (Å²) >= 11 is 0. The number of methoxy groups -OCH3 is 2. The van der Waals surface area contributed by atoms with Crippen LogP contribution in [0.5, 0.6) is 5.75 Å². The highest BCUT2D eigenvalue weighted by Gasteiger charge is 2.77. The van der Waals surface area contributed by atoms with Crippen LogP contribution in [0, 0.1) is 11.3 Å². The summed E-state index contributed by atoms with van der Waals surface area (Å²) in [6, 6.07) is 10.8. The number of ether oxygens (including phenoxy) is 11. The number of amides is 1. The number of hydrogen-bond acceptors (Lipinski definition) is 20. The zero-order chi connectivity index (χ0) is 59.2. The maximum absolute atomic E-state index is 15.4. The highest BCUT2D eigenvalue weighted by atomic mass is 16.6. The number of aromatic nitrogens is 1. The summed E-state index contributed by atoms with van der Waals surface area (Å²) < 4.78 is 62.3. The van der Waals surface area contributed by atoms with Gasteiger partial charge in [0, 0.05) is 90.1 Å². The van der Waals surface area contributed by atoms with Crippen LogP contribution in [0.25, 0.3) is 10.9 Å². The zero-order valence-corrected chi connectivity index (χ0v) is 50.0. The van der Waals surface area contributed by atoms with Crippen molar-refractivity contribution in [2.45, 2.75) is 92.6 Å². The third-order valence-corrected chi connectivity index (χ3v) is 18.6. The average molecular weight is 1180 g/mol. The first kappa shape index (κ1) is 64.1. The lowest BCUT2D eigenvalue weighted by Crippen LogP contribution is -2.80. The van der Waals surface area contributed by atoms with Crippen LogP contribution >= 0.6 is 0 Å². The number of hydrogen-bond donors (Lipinski definition) is 7. The van der Waals surface area contributed by atoms with Gasteiger partial charge in [-0.05, 0) is 74.2 Å². The number of nitrogens with one attached hydrogen (secondary N) is 3. The van der Waals surface area contributed by atoms with Crippen LogP contribution in [0.15, 0.2) is 48.6 Å². The van der Waals surface area contributed by atoms with Gasteiger partial charge in [0.25, 0.3) is 5.91 Å². The van der Waals surface area contributed by atoms with E-state index in [9.17, 15) is 20.1 Å². The third-order valence-electron chi connectivity index (χ3n) is 18.6. The van der Waals surface area contributed by atoms with Crippen LogP contribution < -0.4 is 21.1 Å². The van der Waals surface area contributed by atoms with Crippen LogP contribution in [0.4, 0.5) is 5.69 Å². The van der Waals surface area contributed by atoms with Gasteiger partial charge < -0.3 is 88.8 Å². The first-order chi connectivity index (χ1) is 40.9. The van der Waals surface area contributed by atoms with Crippen molar-refractivity contribution in [3.63, 3.8) is 0 Å². The van der Waals surface area contributed by atoms with Gasteiger partial charge in [-0.2, -0.15) is 0 Å². The largest absolute Gasteiger partial charge is 0.496 e. The molecule has 1 amide bonds. The minimum Gasteiger partial charge on any atom is -0.496 e. The number of para-hydroxylation sites is 1. The molecule has 3 unspecified atom stereocenters. The number of piperidine rings is 1. The second-order valence-corrected chi connectivity index (χ2v) is 23.3. The van der Waals surface area contributed by atoms with E-state index in [2.05, 4.69) is 37.6 Å². The van der Waals surface area contributed by atoms with Gasteiger partial charge in [-0.3, -0.25) is 19.4 Å². The van der Waals surface area contributed by atoms with Crippen LogP contribution in [0.1, 0.15) is 68.3 Å². The number of aliphatic hydroxyl groups excluding tert-OH is 1. The van der Waals surface area contributed by atoms with E-state index < -0.39 is 51.5 Å². The Balaban J connectivity index is 0.796. The Morgan fingerprint density at radius 2 is 1.35 bits per heavy atom. The number of H-pyrrole nitrogens is 1. The summed E-state index contributed by atoms with van der Waals surface area (Å²) in [5.41, 5.74) is 3.46. The Morgan fingerprint density at radius 3 is 1.92 bits per heavy atom.